The quantitative estimate of drug-likeness (QED) is 0.560. The van der Waals surface area contributed by atoms with Crippen molar-refractivity contribution in [2.45, 2.75) is 6.92 Å². The van der Waals surface area contributed by atoms with Gasteiger partial charge in [-0.15, -0.1) is 0 Å². The average molecular weight is 323 g/mol. The molecule has 0 atom stereocenters. The van der Waals surface area contributed by atoms with Gasteiger partial charge in [-0.3, -0.25) is 14.6 Å². The van der Waals surface area contributed by atoms with Crippen molar-refractivity contribution < 1.29 is 23.5 Å². The molecule has 2 aromatic rings. The minimum atomic E-state index is -1.19. The van der Waals surface area contributed by atoms with Crippen LogP contribution in [0.2, 0.25) is 0 Å². The second kappa shape index (κ2) is 7.61. The number of aliphatic hydroxyl groups is 1. The number of aromatic nitrogens is 1. The van der Waals surface area contributed by atoms with Crippen molar-refractivity contribution in [1.82, 2.24) is 10.5 Å². The molecule has 8 heteroatoms. The molecule has 0 spiro atoms. The largest absolute Gasteiger partial charge is 0.394 e. The maximum Gasteiger partial charge on any atom is 0.277 e. The Morgan fingerprint density at radius 3 is 2.74 bits per heavy atom. The third-order valence-electron chi connectivity index (χ3n) is 2.88. The Morgan fingerprint density at radius 2 is 2.09 bits per heavy atom. The van der Waals surface area contributed by atoms with E-state index in [2.05, 4.69) is 15.1 Å². The molecule has 2 rings (SSSR count). The Morgan fingerprint density at radius 1 is 1.30 bits per heavy atom. The lowest BCUT2D eigenvalue weighted by atomic mass is 10.1. The predicted molar refractivity (Wildman–Crippen MR) is 79.1 cm³/mol. The van der Waals surface area contributed by atoms with E-state index >= 15 is 0 Å². The second-order valence-electron chi connectivity index (χ2n) is 4.60. The summed E-state index contributed by atoms with van der Waals surface area (Å²) in [6.07, 6.45) is 1.43. The Bertz CT molecular complexity index is 693. The molecular weight excluding hydrogens is 308 g/mol. The number of hydroxylamine groups is 1. The van der Waals surface area contributed by atoms with Crippen LogP contribution < -0.4 is 10.8 Å². The van der Waals surface area contributed by atoms with Crippen LogP contribution >= 0.6 is 0 Å². The van der Waals surface area contributed by atoms with Crippen molar-refractivity contribution in [2.75, 3.05) is 18.5 Å². The number of carbonyl (C=O) groups is 1. The summed E-state index contributed by atoms with van der Waals surface area (Å²) in [7, 11) is 0. The summed E-state index contributed by atoms with van der Waals surface area (Å²) < 4.78 is 27.5. The van der Waals surface area contributed by atoms with Crippen LogP contribution in [0.15, 0.2) is 30.5 Å². The molecule has 3 N–H and O–H groups in total. The smallest absolute Gasteiger partial charge is 0.277 e. The van der Waals surface area contributed by atoms with Crippen LogP contribution in [-0.4, -0.2) is 29.2 Å². The number of rotatable bonds is 6. The number of anilines is 2. The molecule has 0 saturated heterocycles. The van der Waals surface area contributed by atoms with Gasteiger partial charge in [0.05, 0.1) is 36.3 Å². The zero-order valence-electron chi connectivity index (χ0n) is 12.3. The summed E-state index contributed by atoms with van der Waals surface area (Å²) in [6.45, 7) is 1.36. The first-order chi connectivity index (χ1) is 11.0. The topological polar surface area (TPSA) is 83.5 Å². The van der Waals surface area contributed by atoms with Crippen molar-refractivity contribution >= 4 is 17.3 Å². The Hall–Kier alpha value is -2.58. The SMILES string of the molecule is Cc1ccc(Nc2c(C(=O)NOCCO)ccc(F)c2F)cn1. The summed E-state index contributed by atoms with van der Waals surface area (Å²) in [5, 5.41) is 11.2. The molecule has 1 aromatic carbocycles. The van der Waals surface area contributed by atoms with Crippen molar-refractivity contribution in [3.63, 3.8) is 0 Å². The standard InChI is InChI=1S/C15H15F2N3O3/c1-9-2-3-10(8-18-9)19-14-11(4-5-12(16)13(14)17)15(22)20-23-7-6-21/h2-5,8,19,21H,6-7H2,1H3,(H,20,22). The van der Waals surface area contributed by atoms with Gasteiger partial charge in [0, 0.05) is 5.69 Å². The van der Waals surface area contributed by atoms with E-state index in [-0.39, 0.29) is 24.5 Å². The number of nitrogens with one attached hydrogen (secondary N) is 2. The molecule has 0 bridgehead atoms. The minimum Gasteiger partial charge on any atom is -0.394 e. The molecule has 122 valence electrons. The summed E-state index contributed by atoms with van der Waals surface area (Å²) >= 11 is 0. The van der Waals surface area contributed by atoms with Crippen LogP contribution in [0.5, 0.6) is 0 Å². The van der Waals surface area contributed by atoms with Gasteiger partial charge < -0.3 is 10.4 Å². The molecule has 1 heterocycles. The first-order valence-corrected chi connectivity index (χ1v) is 6.73. The number of amides is 1. The van der Waals surface area contributed by atoms with Crippen molar-refractivity contribution in [1.29, 1.82) is 0 Å². The van der Waals surface area contributed by atoms with Gasteiger partial charge in [0.1, 0.15) is 0 Å². The number of pyridine rings is 1. The van der Waals surface area contributed by atoms with Crippen LogP contribution in [-0.2, 0) is 4.84 Å². The lowest BCUT2D eigenvalue weighted by Gasteiger charge is -2.13. The van der Waals surface area contributed by atoms with Crippen molar-refractivity contribution in [2.24, 2.45) is 0 Å². The molecule has 0 aliphatic carbocycles. The van der Waals surface area contributed by atoms with Crippen LogP contribution in [0.4, 0.5) is 20.2 Å². The van der Waals surface area contributed by atoms with Gasteiger partial charge in [0.25, 0.3) is 5.91 Å². The Balaban J connectivity index is 2.30. The normalized spacial score (nSPS) is 10.4. The lowest BCUT2D eigenvalue weighted by Crippen LogP contribution is -2.26. The fourth-order valence-electron chi connectivity index (χ4n) is 1.77. The van der Waals surface area contributed by atoms with E-state index in [1.807, 2.05) is 5.48 Å². The van der Waals surface area contributed by atoms with E-state index in [4.69, 9.17) is 5.11 Å². The number of nitrogens with zero attached hydrogens (tertiary/aromatic N) is 1. The molecule has 0 unspecified atom stereocenters. The van der Waals surface area contributed by atoms with Crippen molar-refractivity contribution in [3.8, 4) is 0 Å². The minimum absolute atomic E-state index is 0.125. The summed E-state index contributed by atoms with van der Waals surface area (Å²) in [4.78, 5) is 20.7. The van der Waals surface area contributed by atoms with E-state index in [0.717, 1.165) is 17.8 Å². The first kappa shape index (κ1) is 16.8. The number of halogens is 2. The van der Waals surface area contributed by atoms with Gasteiger partial charge in [0.15, 0.2) is 11.6 Å². The van der Waals surface area contributed by atoms with Crippen LogP contribution in [0.3, 0.4) is 0 Å². The first-order valence-electron chi connectivity index (χ1n) is 6.73. The molecule has 0 saturated carbocycles. The van der Waals surface area contributed by atoms with E-state index < -0.39 is 17.5 Å². The Kier molecular flexibility index (Phi) is 5.56. The number of hydrogen-bond acceptors (Lipinski definition) is 5. The van der Waals surface area contributed by atoms with E-state index in [0.29, 0.717) is 5.69 Å². The highest BCUT2D eigenvalue weighted by Gasteiger charge is 2.19. The zero-order chi connectivity index (χ0) is 16.8. The maximum absolute atomic E-state index is 14.1. The lowest BCUT2D eigenvalue weighted by molar-refractivity contribution is 0.0168. The fraction of sp³-hybridized carbons (Fsp3) is 0.200. The van der Waals surface area contributed by atoms with E-state index in [1.54, 1.807) is 19.1 Å². The highest BCUT2D eigenvalue weighted by molar-refractivity contribution is 5.99. The van der Waals surface area contributed by atoms with Crippen molar-refractivity contribution in [3.05, 3.63) is 53.4 Å². The fourth-order valence-corrected chi connectivity index (χ4v) is 1.77. The highest BCUT2D eigenvalue weighted by atomic mass is 19.2. The van der Waals surface area contributed by atoms with Gasteiger partial charge in [-0.1, -0.05) is 0 Å². The van der Waals surface area contributed by atoms with Gasteiger partial charge in [0.2, 0.25) is 0 Å². The molecule has 0 fully saturated rings. The van der Waals surface area contributed by atoms with Gasteiger partial charge >= 0.3 is 0 Å². The molecule has 23 heavy (non-hydrogen) atoms. The van der Waals surface area contributed by atoms with Gasteiger partial charge in [-0.2, -0.15) is 0 Å². The predicted octanol–water partition coefficient (Wildman–Crippen LogP) is 2.07. The third-order valence-corrected chi connectivity index (χ3v) is 2.88. The summed E-state index contributed by atoms with van der Waals surface area (Å²) in [6, 6.07) is 5.27. The molecule has 1 amide bonds. The molecular formula is C15H15F2N3O3. The number of carbonyl (C=O) groups excluding carboxylic acids is 1. The van der Waals surface area contributed by atoms with E-state index in [1.165, 1.54) is 6.20 Å². The number of hydrogen-bond donors (Lipinski definition) is 3. The molecule has 6 nitrogen and oxygen atoms in total. The zero-order valence-corrected chi connectivity index (χ0v) is 12.3. The Labute approximate surface area is 131 Å². The van der Waals surface area contributed by atoms with Gasteiger partial charge in [-0.25, -0.2) is 14.3 Å². The van der Waals surface area contributed by atoms with Crippen LogP contribution in [0, 0.1) is 18.6 Å². The number of aryl methyl sites for hydroxylation is 1. The molecule has 0 aliphatic rings. The van der Waals surface area contributed by atoms with Crippen LogP contribution in [0.25, 0.3) is 0 Å². The van der Waals surface area contributed by atoms with Gasteiger partial charge in [-0.05, 0) is 31.2 Å². The number of benzene rings is 1. The maximum atomic E-state index is 14.1. The van der Waals surface area contributed by atoms with E-state index in [9.17, 15) is 13.6 Å². The average Bonchev–Trinajstić information content (AvgIpc) is 2.54. The number of aliphatic hydroxyl groups excluding tert-OH is 1. The monoisotopic (exact) mass is 323 g/mol. The highest BCUT2D eigenvalue weighted by Crippen LogP contribution is 2.26. The van der Waals surface area contributed by atoms with Crippen LogP contribution in [0.1, 0.15) is 16.1 Å². The second-order valence-corrected chi connectivity index (χ2v) is 4.60. The molecule has 1 aromatic heterocycles. The molecule has 0 radical (unpaired) electrons. The molecule has 0 aliphatic heterocycles. The summed E-state index contributed by atoms with van der Waals surface area (Å²) in [5.41, 5.74) is 2.70. The third kappa shape index (κ3) is 4.21. The summed E-state index contributed by atoms with van der Waals surface area (Å²) in [5.74, 6) is -3.07.